The first kappa shape index (κ1) is 18.4. The molecule has 3 heterocycles. The largest absolute Gasteiger partial charge is 0.489 e. The van der Waals surface area contributed by atoms with Gasteiger partial charge >= 0.3 is 0 Å². The molecule has 7 nitrogen and oxygen atoms in total. The van der Waals surface area contributed by atoms with Gasteiger partial charge in [-0.15, -0.1) is 0 Å². The van der Waals surface area contributed by atoms with Crippen molar-refractivity contribution in [3.8, 4) is 5.75 Å². The van der Waals surface area contributed by atoms with E-state index < -0.39 is 0 Å². The van der Waals surface area contributed by atoms with Crippen LogP contribution in [0, 0.1) is 6.92 Å². The highest BCUT2D eigenvalue weighted by Crippen LogP contribution is 2.22. The monoisotopic (exact) mass is 358 g/mol. The number of pyridine rings is 1. The number of likely N-dealkylation sites (tertiary alicyclic amines) is 1. The molecule has 2 aromatic heterocycles. The summed E-state index contributed by atoms with van der Waals surface area (Å²) >= 11 is 0. The zero-order chi connectivity index (χ0) is 18.5. The molecule has 1 saturated heterocycles. The molecule has 2 aromatic rings. The molecule has 1 aliphatic rings. The summed E-state index contributed by atoms with van der Waals surface area (Å²) < 4.78 is 11.5. The molecule has 0 bridgehead atoms. The number of amides is 1. The van der Waals surface area contributed by atoms with Gasteiger partial charge in [-0.2, -0.15) is 0 Å². The van der Waals surface area contributed by atoms with Crippen LogP contribution in [-0.2, 0) is 24.3 Å². The van der Waals surface area contributed by atoms with Crippen LogP contribution in [0.5, 0.6) is 5.75 Å². The van der Waals surface area contributed by atoms with E-state index in [-0.39, 0.29) is 12.0 Å². The molecule has 0 aromatic carbocycles. The Morgan fingerprint density at radius 3 is 3.12 bits per heavy atom. The lowest BCUT2D eigenvalue weighted by Crippen LogP contribution is -2.25. The van der Waals surface area contributed by atoms with E-state index in [2.05, 4.69) is 27.3 Å². The standard InChI is InChI=1S/C19H26N4O3/c1-4-19-18(13(2)26-22-19)12-23-8-6-17(11-23)25-16-5-7-20-15(9-16)10-21-14(3)24/h5,7,9,17H,4,6,8,10-12H2,1-3H3,(H,21,24). The normalized spacial score (nSPS) is 17.4. The van der Waals surface area contributed by atoms with Crippen molar-refractivity contribution in [2.75, 3.05) is 13.1 Å². The zero-order valence-electron chi connectivity index (χ0n) is 15.6. The first-order valence-corrected chi connectivity index (χ1v) is 9.07. The third-order valence-electron chi connectivity index (χ3n) is 4.62. The van der Waals surface area contributed by atoms with Crippen LogP contribution < -0.4 is 10.1 Å². The molecule has 1 aliphatic heterocycles. The summed E-state index contributed by atoms with van der Waals surface area (Å²) in [5.41, 5.74) is 3.04. The van der Waals surface area contributed by atoms with Gasteiger partial charge < -0.3 is 14.6 Å². The molecule has 0 radical (unpaired) electrons. The van der Waals surface area contributed by atoms with E-state index in [1.165, 1.54) is 12.5 Å². The summed E-state index contributed by atoms with van der Waals surface area (Å²) in [4.78, 5) is 17.7. The van der Waals surface area contributed by atoms with Crippen LogP contribution in [0.4, 0.5) is 0 Å². The maximum absolute atomic E-state index is 11.0. The average molecular weight is 358 g/mol. The minimum Gasteiger partial charge on any atom is -0.489 e. The van der Waals surface area contributed by atoms with Crippen molar-refractivity contribution in [3.05, 3.63) is 41.0 Å². The first-order chi connectivity index (χ1) is 12.5. The molecule has 1 N–H and O–H groups in total. The van der Waals surface area contributed by atoms with E-state index in [9.17, 15) is 4.79 Å². The summed E-state index contributed by atoms with van der Waals surface area (Å²) in [5, 5.41) is 6.88. The SMILES string of the molecule is CCc1noc(C)c1CN1CCC(Oc2ccnc(CNC(C)=O)c2)C1. The molecule has 0 saturated carbocycles. The van der Waals surface area contributed by atoms with E-state index in [0.717, 1.165) is 55.4 Å². The Morgan fingerprint density at radius 2 is 2.35 bits per heavy atom. The van der Waals surface area contributed by atoms with Gasteiger partial charge in [-0.05, 0) is 25.8 Å². The number of nitrogens with one attached hydrogen (secondary N) is 1. The van der Waals surface area contributed by atoms with Gasteiger partial charge in [-0.25, -0.2) is 0 Å². The minimum absolute atomic E-state index is 0.0694. The molecule has 1 fully saturated rings. The Labute approximate surface area is 153 Å². The number of rotatable bonds is 7. The molecule has 140 valence electrons. The van der Waals surface area contributed by atoms with Gasteiger partial charge in [0.05, 0.1) is 17.9 Å². The van der Waals surface area contributed by atoms with Crippen molar-refractivity contribution in [1.29, 1.82) is 0 Å². The van der Waals surface area contributed by atoms with E-state index >= 15 is 0 Å². The van der Waals surface area contributed by atoms with Gasteiger partial charge in [0.25, 0.3) is 0 Å². The van der Waals surface area contributed by atoms with Crippen LogP contribution in [0.15, 0.2) is 22.9 Å². The van der Waals surface area contributed by atoms with Gasteiger partial charge in [-0.1, -0.05) is 12.1 Å². The highest BCUT2D eigenvalue weighted by Gasteiger charge is 2.26. The van der Waals surface area contributed by atoms with E-state index in [0.29, 0.717) is 6.54 Å². The van der Waals surface area contributed by atoms with Crippen LogP contribution in [0.2, 0.25) is 0 Å². The second-order valence-electron chi connectivity index (χ2n) is 6.67. The summed E-state index contributed by atoms with van der Waals surface area (Å²) in [5.74, 6) is 1.63. The Bertz CT molecular complexity index is 759. The zero-order valence-corrected chi connectivity index (χ0v) is 15.6. The van der Waals surface area contributed by atoms with Crippen molar-refractivity contribution < 1.29 is 14.1 Å². The Balaban J connectivity index is 1.55. The Morgan fingerprint density at radius 1 is 1.50 bits per heavy atom. The van der Waals surface area contributed by atoms with Gasteiger partial charge in [0, 0.05) is 44.4 Å². The minimum atomic E-state index is -0.0694. The van der Waals surface area contributed by atoms with Crippen LogP contribution in [0.3, 0.4) is 0 Å². The number of aryl methyl sites for hydroxylation is 2. The van der Waals surface area contributed by atoms with Crippen molar-refractivity contribution in [2.24, 2.45) is 0 Å². The molecule has 1 unspecified atom stereocenters. The van der Waals surface area contributed by atoms with Crippen molar-refractivity contribution in [2.45, 2.75) is 52.8 Å². The average Bonchev–Trinajstić information content (AvgIpc) is 3.21. The highest BCUT2D eigenvalue weighted by atomic mass is 16.5. The quantitative estimate of drug-likeness (QED) is 0.817. The summed E-state index contributed by atoms with van der Waals surface area (Å²) in [6, 6.07) is 3.75. The number of ether oxygens (including phenoxy) is 1. The molecular weight excluding hydrogens is 332 g/mol. The predicted octanol–water partition coefficient (Wildman–Crippen LogP) is 2.23. The van der Waals surface area contributed by atoms with Crippen LogP contribution in [-0.4, -0.2) is 40.1 Å². The lowest BCUT2D eigenvalue weighted by Gasteiger charge is -2.17. The number of hydrogen-bond donors (Lipinski definition) is 1. The molecule has 0 aliphatic carbocycles. The van der Waals surface area contributed by atoms with Crippen LogP contribution in [0.25, 0.3) is 0 Å². The summed E-state index contributed by atoms with van der Waals surface area (Å²) in [6.07, 6.45) is 3.73. The van der Waals surface area contributed by atoms with Gasteiger partial charge in [0.2, 0.25) is 5.91 Å². The Kier molecular flexibility index (Phi) is 5.88. The third kappa shape index (κ3) is 4.60. The highest BCUT2D eigenvalue weighted by molar-refractivity contribution is 5.72. The fourth-order valence-electron chi connectivity index (χ4n) is 3.21. The second-order valence-corrected chi connectivity index (χ2v) is 6.67. The maximum atomic E-state index is 11.0. The van der Waals surface area contributed by atoms with Gasteiger partial charge in [0.1, 0.15) is 17.6 Å². The topological polar surface area (TPSA) is 80.5 Å². The molecule has 1 amide bonds. The number of carbonyl (C=O) groups is 1. The molecule has 1 atom stereocenters. The molecule has 0 spiro atoms. The fourth-order valence-corrected chi connectivity index (χ4v) is 3.21. The lowest BCUT2D eigenvalue weighted by molar-refractivity contribution is -0.119. The molecule has 3 rings (SSSR count). The lowest BCUT2D eigenvalue weighted by atomic mass is 10.1. The third-order valence-corrected chi connectivity index (χ3v) is 4.62. The van der Waals surface area contributed by atoms with Crippen LogP contribution >= 0.6 is 0 Å². The van der Waals surface area contributed by atoms with Crippen molar-refractivity contribution >= 4 is 5.91 Å². The van der Waals surface area contributed by atoms with Crippen LogP contribution in [0.1, 0.15) is 43.0 Å². The molecule has 7 heteroatoms. The van der Waals surface area contributed by atoms with E-state index in [1.807, 2.05) is 19.1 Å². The van der Waals surface area contributed by atoms with Crippen molar-refractivity contribution in [1.82, 2.24) is 20.4 Å². The summed E-state index contributed by atoms with van der Waals surface area (Å²) in [7, 11) is 0. The predicted molar refractivity (Wildman–Crippen MR) is 96.7 cm³/mol. The number of nitrogens with zero attached hydrogens (tertiary/aromatic N) is 3. The fraction of sp³-hybridized carbons (Fsp3) is 0.526. The number of carbonyl (C=O) groups excluding carboxylic acids is 1. The number of aromatic nitrogens is 2. The van der Waals surface area contributed by atoms with Gasteiger partial charge in [0.15, 0.2) is 0 Å². The Hall–Kier alpha value is -2.41. The van der Waals surface area contributed by atoms with Crippen molar-refractivity contribution in [3.63, 3.8) is 0 Å². The van der Waals surface area contributed by atoms with E-state index in [4.69, 9.17) is 9.26 Å². The van der Waals surface area contributed by atoms with E-state index in [1.54, 1.807) is 6.20 Å². The smallest absolute Gasteiger partial charge is 0.217 e. The second kappa shape index (κ2) is 8.31. The first-order valence-electron chi connectivity index (χ1n) is 9.07. The van der Waals surface area contributed by atoms with Gasteiger partial charge in [-0.3, -0.25) is 14.7 Å². The summed E-state index contributed by atoms with van der Waals surface area (Å²) in [6.45, 7) is 8.68. The maximum Gasteiger partial charge on any atom is 0.217 e. The number of hydrogen-bond acceptors (Lipinski definition) is 6. The molecule has 26 heavy (non-hydrogen) atoms. The molecular formula is C19H26N4O3.